The van der Waals surface area contributed by atoms with E-state index in [1.165, 1.54) is 11.3 Å². The number of pyridine rings is 1. The lowest BCUT2D eigenvalue weighted by molar-refractivity contribution is 0.0519. The van der Waals surface area contributed by atoms with E-state index in [2.05, 4.69) is 15.3 Å². The Hall–Kier alpha value is -1.95. The van der Waals surface area contributed by atoms with Crippen LogP contribution in [0.2, 0.25) is 0 Å². The largest absolute Gasteiger partial charge is 0.461 e. The number of esters is 1. The number of carbonyl (C=O) groups excluding carboxylic acids is 1. The number of nitrogens with one attached hydrogen (secondary N) is 1. The molecule has 0 amide bonds. The summed E-state index contributed by atoms with van der Waals surface area (Å²) in [6.07, 6.45) is 1.74. The van der Waals surface area contributed by atoms with Gasteiger partial charge in [-0.2, -0.15) is 0 Å². The molecule has 0 aromatic carbocycles. The van der Waals surface area contributed by atoms with Crippen molar-refractivity contribution in [3.8, 4) is 0 Å². The molecule has 19 heavy (non-hydrogen) atoms. The second kappa shape index (κ2) is 6.29. The Bertz CT molecular complexity index is 554. The van der Waals surface area contributed by atoms with Crippen molar-refractivity contribution in [1.82, 2.24) is 9.97 Å². The molecule has 6 heteroatoms. The molecular weight excluding hydrogens is 262 g/mol. The zero-order chi connectivity index (χ0) is 13.7. The first-order chi connectivity index (χ1) is 9.20. The summed E-state index contributed by atoms with van der Waals surface area (Å²) in [5.74, 6) is -0.373. The number of hydrogen-bond acceptors (Lipinski definition) is 6. The molecule has 0 spiro atoms. The molecule has 0 unspecified atom stereocenters. The normalized spacial score (nSPS) is 10.2. The SMILES string of the molecule is CCOC(=O)c1nc(NCc2ccccn2)sc1C. The summed E-state index contributed by atoms with van der Waals surface area (Å²) in [7, 11) is 0. The molecule has 2 aromatic heterocycles. The average molecular weight is 277 g/mol. The molecule has 2 aromatic rings. The van der Waals surface area contributed by atoms with Gasteiger partial charge in [0.05, 0.1) is 18.8 Å². The minimum atomic E-state index is -0.373. The number of hydrogen-bond donors (Lipinski definition) is 1. The Morgan fingerprint density at radius 3 is 3.00 bits per heavy atom. The average Bonchev–Trinajstić information content (AvgIpc) is 2.79. The Morgan fingerprint density at radius 2 is 2.32 bits per heavy atom. The third kappa shape index (κ3) is 3.51. The molecule has 0 aliphatic rings. The van der Waals surface area contributed by atoms with E-state index >= 15 is 0 Å². The van der Waals surface area contributed by atoms with Gasteiger partial charge in [0, 0.05) is 11.1 Å². The molecule has 0 fully saturated rings. The van der Waals surface area contributed by atoms with Crippen molar-refractivity contribution < 1.29 is 9.53 Å². The minimum absolute atomic E-state index is 0.354. The number of aryl methyl sites for hydroxylation is 1. The maximum absolute atomic E-state index is 11.6. The lowest BCUT2D eigenvalue weighted by atomic mass is 10.3. The van der Waals surface area contributed by atoms with Crippen LogP contribution in [0.5, 0.6) is 0 Å². The molecular formula is C13H15N3O2S. The number of thiazole rings is 1. The topological polar surface area (TPSA) is 64.1 Å². The van der Waals surface area contributed by atoms with Crippen LogP contribution in [0.4, 0.5) is 5.13 Å². The Kier molecular flexibility index (Phi) is 4.46. The van der Waals surface area contributed by atoms with Gasteiger partial charge >= 0.3 is 5.97 Å². The molecule has 0 saturated carbocycles. The number of ether oxygens (including phenoxy) is 1. The van der Waals surface area contributed by atoms with Crippen LogP contribution in [0, 0.1) is 6.92 Å². The van der Waals surface area contributed by atoms with Gasteiger partial charge in [-0.3, -0.25) is 4.98 Å². The van der Waals surface area contributed by atoms with Gasteiger partial charge in [0.15, 0.2) is 10.8 Å². The van der Waals surface area contributed by atoms with Crippen LogP contribution in [0.25, 0.3) is 0 Å². The van der Waals surface area contributed by atoms with Gasteiger partial charge in [-0.1, -0.05) is 6.07 Å². The van der Waals surface area contributed by atoms with E-state index in [1.807, 2.05) is 25.1 Å². The van der Waals surface area contributed by atoms with E-state index in [1.54, 1.807) is 13.1 Å². The summed E-state index contributed by atoms with van der Waals surface area (Å²) in [5, 5.41) is 3.86. The first kappa shape index (κ1) is 13.5. The lowest BCUT2D eigenvalue weighted by Gasteiger charge is -2.01. The van der Waals surface area contributed by atoms with Crippen molar-refractivity contribution in [2.24, 2.45) is 0 Å². The van der Waals surface area contributed by atoms with Gasteiger partial charge < -0.3 is 10.1 Å². The highest BCUT2D eigenvalue weighted by Crippen LogP contribution is 2.23. The second-order valence-corrected chi connectivity index (χ2v) is 5.02. The molecule has 0 aliphatic carbocycles. The molecule has 0 bridgehead atoms. The maximum atomic E-state index is 11.6. The molecule has 2 heterocycles. The van der Waals surface area contributed by atoms with Crippen LogP contribution in [-0.2, 0) is 11.3 Å². The molecule has 2 rings (SSSR count). The van der Waals surface area contributed by atoms with Crippen LogP contribution >= 0.6 is 11.3 Å². The van der Waals surface area contributed by atoms with Crippen LogP contribution in [-0.4, -0.2) is 22.5 Å². The highest BCUT2D eigenvalue weighted by molar-refractivity contribution is 7.15. The zero-order valence-electron chi connectivity index (χ0n) is 10.8. The quantitative estimate of drug-likeness (QED) is 0.851. The predicted octanol–water partition coefficient (Wildman–Crippen LogP) is 2.64. The first-order valence-electron chi connectivity index (χ1n) is 5.99. The Labute approximate surface area is 115 Å². The van der Waals surface area contributed by atoms with Gasteiger partial charge in [-0.05, 0) is 26.0 Å². The van der Waals surface area contributed by atoms with Gasteiger partial charge in [-0.25, -0.2) is 9.78 Å². The summed E-state index contributed by atoms with van der Waals surface area (Å²) >= 11 is 1.44. The van der Waals surface area contributed by atoms with Crippen LogP contribution in [0.15, 0.2) is 24.4 Å². The number of carbonyl (C=O) groups is 1. The number of aromatic nitrogens is 2. The van der Waals surface area contributed by atoms with Crippen LogP contribution < -0.4 is 5.32 Å². The molecule has 5 nitrogen and oxygen atoms in total. The van der Waals surface area contributed by atoms with Crippen molar-refractivity contribution >= 4 is 22.4 Å². The lowest BCUT2D eigenvalue weighted by Crippen LogP contribution is -2.07. The predicted molar refractivity (Wildman–Crippen MR) is 74.4 cm³/mol. The molecule has 0 atom stereocenters. The second-order valence-electron chi connectivity index (χ2n) is 3.82. The van der Waals surface area contributed by atoms with Gasteiger partial charge in [0.1, 0.15) is 0 Å². The fourth-order valence-corrected chi connectivity index (χ4v) is 2.33. The van der Waals surface area contributed by atoms with E-state index in [0.717, 1.165) is 10.6 Å². The summed E-state index contributed by atoms with van der Waals surface area (Å²) in [6.45, 7) is 4.57. The summed E-state index contributed by atoms with van der Waals surface area (Å²) in [5.41, 5.74) is 1.31. The number of anilines is 1. The third-order valence-corrected chi connectivity index (χ3v) is 3.34. The van der Waals surface area contributed by atoms with E-state index in [-0.39, 0.29) is 5.97 Å². The number of nitrogens with zero attached hydrogens (tertiary/aromatic N) is 2. The van der Waals surface area contributed by atoms with Gasteiger partial charge in [-0.15, -0.1) is 11.3 Å². The molecule has 0 saturated heterocycles. The summed E-state index contributed by atoms with van der Waals surface area (Å²) in [4.78, 5) is 20.9. The maximum Gasteiger partial charge on any atom is 0.358 e. The monoisotopic (exact) mass is 277 g/mol. The molecule has 1 N–H and O–H groups in total. The van der Waals surface area contributed by atoms with Crippen LogP contribution in [0.1, 0.15) is 28.0 Å². The van der Waals surface area contributed by atoms with E-state index < -0.39 is 0 Å². The fourth-order valence-electron chi connectivity index (χ4n) is 1.53. The molecule has 100 valence electrons. The van der Waals surface area contributed by atoms with Crippen molar-refractivity contribution in [1.29, 1.82) is 0 Å². The summed E-state index contributed by atoms with van der Waals surface area (Å²) in [6, 6.07) is 5.73. The molecule has 0 aliphatic heterocycles. The van der Waals surface area contributed by atoms with Gasteiger partial charge in [0.25, 0.3) is 0 Å². The Balaban J connectivity index is 2.02. The smallest absolute Gasteiger partial charge is 0.358 e. The number of rotatable bonds is 5. The van der Waals surface area contributed by atoms with E-state index in [4.69, 9.17) is 4.74 Å². The van der Waals surface area contributed by atoms with Crippen molar-refractivity contribution in [3.63, 3.8) is 0 Å². The molecule has 0 radical (unpaired) electrons. The highest BCUT2D eigenvalue weighted by Gasteiger charge is 2.16. The minimum Gasteiger partial charge on any atom is -0.461 e. The van der Waals surface area contributed by atoms with E-state index in [0.29, 0.717) is 24.0 Å². The first-order valence-corrected chi connectivity index (χ1v) is 6.80. The van der Waals surface area contributed by atoms with E-state index in [9.17, 15) is 4.79 Å². The van der Waals surface area contributed by atoms with Crippen LogP contribution in [0.3, 0.4) is 0 Å². The standard InChI is InChI=1S/C13H15N3O2S/c1-3-18-12(17)11-9(2)19-13(16-11)15-8-10-6-4-5-7-14-10/h4-7H,3,8H2,1-2H3,(H,15,16). The van der Waals surface area contributed by atoms with Gasteiger partial charge in [0.2, 0.25) is 0 Å². The fraction of sp³-hybridized carbons (Fsp3) is 0.308. The zero-order valence-corrected chi connectivity index (χ0v) is 11.7. The third-order valence-electron chi connectivity index (χ3n) is 2.41. The van der Waals surface area contributed by atoms with Crippen molar-refractivity contribution in [3.05, 3.63) is 40.7 Å². The Morgan fingerprint density at radius 1 is 1.47 bits per heavy atom. The van der Waals surface area contributed by atoms with Crippen molar-refractivity contribution in [2.75, 3.05) is 11.9 Å². The highest BCUT2D eigenvalue weighted by atomic mass is 32.1. The summed E-state index contributed by atoms with van der Waals surface area (Å²) < 4.78 is 4.95. The van der Waals surface area contributed by atoms with Crippen molar-refractivity contribution in [2.45, 2.75) is 20.4 Å².